The molecule has 6 N–H and O–H groups in total. The quantitative estimate of drug-likeness (QED) is 0.0321. The first-order valence-corrected chi connectivity index (χ1v) is 27.6. The van der Waals surface area contributed by atoms with Crippen LogP contribution in [-0.4, -0.2) is 319 Å². The zero-order valence-electron chi connectivity index (χ0n) is 47.7. The molecular weight excluding hydrogens is 1070 g/mol. The minimum atomic E-state index is -1.17. The monoisotopic (exact) mass is 1170 g/mol. The molecule has 0 bridgehead atoms. The highest BCUT2D eigenvalue weighted by molar-refractivity contribution is 5.93. The van der Waals surface area contributed by atoms with E-state index in [0.29, 0.717) is 270 Å². The van der Waals surface area contributed by atoms with E-state index in [2.05, 4.69) is 16.0 Å². The van der Waals surface area contributed by atoms with Crippen molar-refractivity contribution in [3.63, 3.8) is 0 Å². The molecular formula is C51H100N4O25. The molecule has 0 spiro atoms. The molecule has 0 fully saturated rings. The SMILES string of the molecule is CNC(CCCNC(=O)COCCOCCOCCOCCOCCOCCOCCOCCOCCOCCOCCOCCOCCOCCOCCOCCOCCOCCOCCOCCNC(=O)CC(=O)O)C(N)=O. The van der Waals surface area contributed by atoms with Gasteiger partial charge in [-0.05, 0) is 19.9 Å². The van der Waals surface area contributed by atoms with Crippen molar-refractivity contribution >= 4 is 23.7 Å². The topological polar surface area (TPSA) is 335 Å². The van der Waals surface area contributed by atoms with Crippen LogP contribution in [0.15, 0.2) is 0 Å². The molecule has 0 saturated carbocycles. The van der Waals surface area contributed by atoms with Crippen LogP contribution in [0, 0.1) is 0 Å². The van der Waals surface area contributed by atoms with Crippen LogP contribution in [0.4, 0.5) is 0 Å². The Hall–Kier alpha value is -2.96. The molecule has 0 aliphatic carbocycles. The van der Waals surface area contributed by atoms with E-state index in [1.807, 2.05) is 0 Å². The number of hydrogen-bond acceptors (Lipinski definition) is 25. The number of hydrogen-bond donors (Lipinski definition) is 5. The van der Waals surface area contributed by atoms with E-state index in [0.717, 1.165) is 0 Å². The summed E-state index contributed by atoms with van der Waals surface area (Å²) in [6.45, 7) is 17.9. The smallest absolute Gasteiger partial charge is 0.312 e. The summed E-state index contributed by atoms with van der Waals surface area (Å²) in [4.78, 5) is 44.5. The Kier molecular flexibility index (Phi) is 64.4. The molecule has 0 aromatic rings. The van der Waals surface area contributed by atoms with Gasteiger partial charge < -0.3 is 122 Å². The number of nitrogens with one attached hydrogen (secondary N) is 3. The van der Waals surface area contributed by atoms with Gasteiger partial charge in [0, 0.05) is 13.1 Å². The first-order chi connectivity index (χ1) is 39.4. The highest BCUT2D eigenvalue weighted by Gasteiger charge is 2.12. The maximum absolute atomic E-state index is 11.8. The molecule has 0 aromatic carbocycles. The molecule has 0 aliphatic rings. The zero-order valence-corrected chi connectivity index (χ0v) is 47.7. The number of carboxylic acid groups (broad SMARTS) is 1. The van der Waals surface area contributed by atoms with Crippen LogP contribution >= 0.6 is 0 Å². The Labute approximate surface area is 473 Å². The van der Waals surface area contributed by atoms with Crippen LogP contribution in [0.3, 0.4) is 0 Å². The fraction of sp³-hybridized carbons (Fsp3) is 0.922. The number of likely N-dealkylation sites (N-methyl/N-ethyl adjacent to an activating group) is 1. The molecule has 0 aliphatic heterocycles. The summed E-state index contributed by atoms with van der Waals surface area (Å²) in [5.74, 6) is -2.36. The van der Waals surface area contributed by atoms with Gasteiger partial charge in [-0.15, -0.1) is 0 Å². The van der Waals surface area contributed by atoms with Crippen molar-refractivity contribution in [2.75, 3.05) is 284 Å². The molecule has 0 saturated heterocycles. The fourth-order valence-corrected chi connectivity index (χ4v) is 5.82. The summed E-state index contributed by atoms with van der Waals surface area (Å²) >= 11 is 0. The molecule has 0 radical (unpaired) electrons. The van der Waals surface area contributed by atoms with Crippen molar-refractivity contribution in [3.05, 3.63) is 0 Å². The Morgan fingerprint density at radius 1 is 0.325 bits per heavy atom. The number of ether oxygens (including phenoxy) is 20. The predicted octanol–water partition coefficient (Wildman–Crippen LogP) is -2.12. The third kappa shape index (κ3) is 65.8. The number of carboxylic acids is 1. The average Bonchev–Trinajstić information content (AvgIpc) is 3.44. The molecule has 0 aromatic heterocycles. The summed E-state index contributed by atoms with van der Waals surface area (Å²) in [6, 6.07) is -0.401. The lowest BCUT2D eigenvalue weighted by atomic mass is 10.1. The number of nitrogens with two attached hydrogens (primary N) is 1. The molecule has 80 heavy (non-hydrogen) atoms. The lowest BCUT2D eigenvalue weighted by Gasteiger charge is -2.12. The second-order valence-electron chi connectivity index (χ2n) is 16.3. The third-order valence-corrected chi connectivity index (χ3v) is 9.87. The minimum Gasteiger partial charge on any atom is -0.481 e. The van der Waals surface area contributed by atoms with E-state index < -0.39 is 30.2 Å². The van der Waals surface area contributed by atoms with Crippen molar-refractivity contribution in [3.8, 4) is 0 Å². The lowest BCUT2D eigenvalue weighted by molar-refractivity contribution is -0.140. The van der Waals surface area contributed by atoms with Crippen LogP contribution in [-0.2, 0) is 114 Å². The van der Waals surface area contributed by atoms with Crippen molar-refractivity contribution in [1.29, 1.82) is 0 Å². The largest absolute Gasteiger partial charge is 0.481 e. The van der Waals surface area contributed by atoms with Gasteiger partial charge in [0.15, 0.2) is 0 Å². The van der Waals surface area contributed by atoms with Gasteiger partial charge in [0.1, 0.15) is 13.0 Å². The molecule has 0 rings (SSSR count). The van der Waals surface area contributed by atoms with E-state index in [1.165, 1.54) is 0 Å². The normalized spacial score (nSPS) is 11.9. The number of rotatable bonds is 70. The van der Waals surface area contributed by atoms with Crippen LogP contribution in [0.5, 0.6) is 0 Å². The van der Waals surface area contributed by atoms with Gasteiger partial charge in [0.05, 0.1) is 264 Å². The van der Waals surface area contributed by atoms with Crippen molar-refractivity contribution in [2.45, 2.75) is 25.3 Å². The Bertz CT molecular complexity index is 1320. The van der Waals surface area contributed by atoms with Crippen LogP contribution in [0.1, 0.15) is 19.3 Å². The fourth-order valence-electron chi connectivity index (χ4n) is 5.82. The maximum Gasteiger partial charge on any atom is 0.312 e. The van der Waals surface area contributed by atoms with Gasteiger partial charge in [0.25, 0.3) is 0 Å². The van der Waals surface area contributed by atoms with Crippen molar-refractivity contribution < 1.29 is 119 Å². The predicted molar refractivity (Wildman–Crippen MR) is 286 cm³/mol. The first kappa shape index (κ1) is 77.0. The molecule has 29 heteroatoms. The Balaban J connectivity index is 3.13. The van der Waals surface area contributed by atoms with Gasteiger partial charge in [-0.3, -0.25) is 19.2 Å². The molecule has 1 unspecified atom stereocenters. The van der Waals surface area contributed by atoms with Crippen LogP contribution < -0.4 is 21.7 Å². The highest BCUT2D eigenvalue weighted by atomic mass is 16.6. The Morgan fingerprint density at radius 3 is 0.750 bits per heavy atom. The highest BCUT2D eigenvalue weighted by Crippen LogP contribution is 1.96. The lowest BCUT2D eigenvalue weighted by Crippen LogP contribution is -2.39. The molecule has 474 valence electrons. The average molecular weight is 1170 g/mol. The van der Waals surface area contributed by atoms with E-state index in [9.17, 15) is 19.2 Å². The number of carbonyl (C=O) groups excluding carboxylic acids is 3. The molecule has 3 amide bonds. The summed E-state index contributed by atoms with van der Waals surface area (Å²) in [5.41, 5.74) is 5.27. The van der Waals surface area contributed by atoms with Crippen molar-refractivity contribution in [1.82, 2.24) is 16.0 Å². The van der Waals surface area contributed by atoms with Crippen molar-refractivity contribution in [2.24, 2.45) is 5.73 Å². The van der Waals surface area contributed by atoms with E-state index in [4.69, 9.17) is 106 Å². The number of primary amides is 1. The van der Waals surface area contributed by atoms with E-state index in [-0.39, 0.29) is 25.7 Å². The minimum absolute atomic E-state index is 0.0575. The van der Waals surface area contributed by atoms with Gasteiger partial charge in [-0.2, -0.15) is 0 Å². The summed E-state index contributed by atoms with van der Waals surface area (Å²) < 4.78 is 109. The molecule has 1 atom stereocenters. The van der Waals surface area contributed by atoms with Crippen LogP contribution in [0.2, 0.25) is 0 Å². The number of aliphatic carboxylic acids is 1. The molecule has 29 nitrogen and oxygen atoms in total. The molecule has 0 heterocycles. The zero-order chi connectivity index (χ0) is 58.0. The van der Waals surface area contributed by atoms with Crippen LogP contribution in [0.25, 0.3) is 0 Å². The van der Waals surface area contributed by atoms with Gasteiger partial charge in [0.2, 0.25) is 17.7 Å². The number of carbonyl (C=O) groups is 4. The second-order valence-corrected chi connectivity index (χ2v) is 16.3. The Morgan fingerprint density at radius 2 is 0.537 bits per heavy atom. The number of amides is 3. The standard InChI is InChI=1S/C51H100N4O25/c1-53-47(51(52)60)3-2-4-54-49(57)46-80-44-43-79-42-41-78-40-39-77-38-37-76-36-35-75-34-33-74-32-31-73-30-29-72-28-27-71-26-25-70-24-23-69-22-21-68-20-19-67-18-17-66-16-15-65-14-13-64-12-11-63-10-9-62-8-7-61-6-5-55-48(56)45-50(58)59/h47,53H,2-46H2,1H3,(H2,52,60)(H,54,57)(H,55,56)(H,58,59). The first-order valence-electron chi connectivity index (χ1n) is 27.6. The van der Waals surface area contributed by atoms with E-state index in [1.54, 1.807) is 7.05 Å². The summed E-state index contributed by atoms with van der Waals surface area (Å²) in [5, 5.41) is 16.5. The summed E-state index contributed by atoms with van der Waals surface area (Å²) in [6.07, 6.45) is 0.622. The summed E-state index contributed by atoms with van der Waals surface area (Å²) in [7, 11) is 1.67. The van der Waals surface area contributed by atoms with E-state index >= 15 is 0 Å². The van der Waals surface area contributed by atoms with Gasteiger partial charge in [-0.1, -0.05) is 0 Å². The third-order valence-electron chi connectivity index (χ3n) is 9.87. The van der Waals surface area contributed by atoms with Gasteiger partial charge in [-0.25, -0.2) is 0 Å². The second kappa shape index (κ2) is 66.8. The van der Waals surface area contributed by atoms with Gasteiger partial charge >= 0.3 is 5.97 Å². The maximum atomic E-state index is 11.8.